The Morgan fingerprint density at radius 1 is 1.47 bits per heavy atom. The van der Waals surface area contributed by atoms with Crippen molar-refractivity contribution in [1.29, 1.82) is 0 Å². The third kappa shape index (κ3) is 3.85. The number of carbonyl (C=O) groups is 2. The van der Waals surface area contributed by atoms with Crippen molar-refractivity contribution in [2.45, 2.75) is 38.4 Å². The van der Waals surface area contributed by atoms with Crippen LogP contribution in [0.15, 0.2) is 12.2 Å². The van der Waals surface area contributed by atoms with E-state index >= 15 is 0 Å². The van der Waals surface area contributed by atoms with E-state index in [4.69, 9.17) is 4.74 Å². The molecular weight excluding hydrogens is 224 g/mol. The van der Waals surface area contributed by atoms with E-state index in [1.54, 1.807) is 0 Å². The van der Waals surface area contributed by atoms with E-state index in [9.17, 15) is 14.7 Å². The Kier molecular flexibility index (Phi) is 4.69. The van der Waals surface area contributed by atoms with Gasteiger partial charge < -0.3 is 14.6 Å². The van der Waals surface area contributed by atoms with Gasteiger partial charge in [0, 0.05) is 13.3 Å². The average molecular weight is 242 g/mol. The zero-order valence-corrected chi connectivity index (χ0v) is 10.1. The van der Waals surface area contributed by atoms with Crippen molar-refractivity contribution in [3.63, 3.8) is 0 Å². The van der Waals surface area contributed by atoms with Crippen molar-refractivity contribution >= 4 is 11.9 Å². The summed E-state index contributed by atoms with van der Waals surface area (Å²) in [5.41, 5.74) is 0.610. The molecule has 0 saturated heterocycles. The lowest BCUT2D eigenvalue weighted by molar-refractivity contribution is -0.149. The molecule has 5 heteroatoms. The van der Waals surface area contributed by atoms with Crippen LogP contribution in [0.4, 0.5) is 0 Å². The van der Waals surface area contributed by atoms with E-state index in [1.807, 2.05) is 0 Å². The van der Waals surface area contributed by atoms with Gasteiger partial charge in [-0.25, -0.2) is 0 Å². The Labute approximate surface area is 100 Å². The van der Waals surface area contributed by atoms with Crippen molar-refractivity contribution in [2.24, 2.45) is 5.92 Å². The second kappa shape index (κ2) is 5.82. The second-order valence-electron chi connectivity index (χ2n) is 4.27. The van der Waals surface area contributed by atoms with Gasteiger partial charge in [-0.15, -0.1) is 0 Å². The van der Waals surface area contributed by atoms with E-state index < -0.39 is 6.10 Å². The number of ether oxygens (including phenoxy) is 2. The van der Waals surface area contributed by atoms with Gasteiger partial charge in [-0.2, -0.15) is 0 Å². The first-order chi connectivity index (χ1) is 7.93. The summed E-state index contributed by atoms with van der Waals surface area (Å²) in [5, 5.41) is 9.77. The molecule has 1 rings (SSSR count). The third-order valence-electron chi connectivity index (χ3n) is 2.96. The SMILES string of the molecule is C=C1[C@H](CC(=O)OC)C[C@@H](OC(C)=O)C[C@@H]1O. The molecule has 0 spiro atoms. The van der Waals surface area contributed by atoms with Crippen molar-refractivity contribution in [1.82, 2.24) is 0 Å². The number of methoxy groups -OCH3 is 1. The lowest BCUT2D eigenvalue weighted by atomic mass is 9.79. The summed E-state index contributed by atoms with van der Waals surface area (Å²) in [7, 11) is 1.31. The van der Waals surface area contributed by atoms with Gasteiger partial charge in [-0.1, -0.05) is 6.58 Å². The summed E-state index contributed by atoms with van der Waals surface area (Å²) in [6, 6.07) is 0. The molecule has 5 nitrogen and oxygen atoms in total. The minimum atomic E-state index is -0.734. The van der Waals surface area contributed by atoms with Crippen molar-refractivity contribution in [3.05, 3.63) is 12.2 Å². The van der Waals surface area contributed by atoms with Crippen LogP contribution in [0.1, 0.15) is 26.2 Å². The van der Waals surface area contributed by atoms with Crippen LogP contribution in [-0.2, 0) is 19.1 Å². The van der Waals surface area contributed by atoms with E-state index in [0.717, 1.165) is 0 Å². The Hall–Kier alpha value is -1.36. The maximum Gasteiger partial charge on any atom is 0.306 e. The summed E-state index contributed by atoms with van der Waals surface area (Å²) >= 11 is 0. The number of rotatable bonds is 3. The first-order valence-electron chi connectivity index (χ1n) is 5.54. The van der Waals surface area contributed by atoms with Crippen LogP contribution < -0.4 is 0 Å². The summed E-state index contributed by atoms with van der Waals surface area (Å²) in [6.45, 7) is 5.10. The summed E-state index contributed by atoms with van der Waals surface area (Å²) in [6.07, 6.45) is -0.0874. The van der Waals surface area contributed by atoms with Gasteiger partial charge in [-0.3, -0.25) is 9.59 Å². The fraction of sp³-hybridized carbons (Fsp3) is 0.667. The predicted molar refractivity (Wildman–Crippen MR) is 60.1 cm³/mol. The molecule has 17 heavy (non-hydrogen) atoms. The van der Waals surface area contributed by atoms with E-state index in [1.165, 1.54) is 14.0 Å². The molecule has 0 bridgehead atoms. The number of aliphatic hydroxyl groups excluding tert-OH is 1. The van der Waals surface area contributed by atoms with Gasteiger partial charge in [0.1, 0.15) is 6.10 Å². The second-order valence-corrected chi connectivity index (χ2v) is 4.27. The standard InChI is InChI=1S/C12H18O5/c1-7-9(5-12(15)16-3)4-10(6-11(7)14)17-8(2)13/h9-11,14H,1,4-6H2,2-3H3/t9-,10+,11-/m0/s1. The topological polar surface area (TPSA) is 72.8 Å². The van der Waals surface area contributed by atoms with E-state index in [2.05, 4.69) is 11.3 Å². The first-order valence-corrected chi connectivity index (χ1v) is 5.54. The van der Waals surface area contributed by atoms with Crippen LogP contribution >= 0.6 is 0 Å². The Balaban J connectivity index is 2.64. The highest BCUT2D eigenvalue weighted by Gasteiger charge is 2.33. The number of aliphatic hydroxyl groups is 1. The predicted octanol–water partition coefficient (Wildman–Crippen LogP) is 0.808. The fourth-order valence-corrected chi connectivity index (χ4v) is 2.07. The molecule has 1 fully saturated rings. The average Bonchev–Trinajstić information content (AvgIpc) is 2.24. The molecule has 0 amide bonds. The van der Waals surface area contributed by atoms with Crippen LogP contribution in [0.5, 0.6) is 0 Å². The molecule has 0 aromatic heterocycles. The number of hydrogen-bond acceptors (Lipinski definition) is 5. The quantitative estimate of drug-likeness (QED) is 0.585. The lowest BCUT2D eigenvalue weighted by Gasteiger charge is -2.33. The number of carbonyl (C=O) groups excluding carboxylic acids is 2. The Bertz CT molecular complexity index is 323. The van der Waals surface area contributed by atoms with Gasteiger partial charge in [-0.05, 0) is 17.9 Å². The molecule has 1 saturated carbocycles. The smallest absolute Gasteiger partial charge is 0.306 e. The van der Waals surface area contributed by atoms with Crippen LogP contribution in [0.25, 0.3) is 0 Å². The van der Waals surface area contributed by atoms with Crippen molar-refractivity contribution < 1.29 is 24.2 Å². The van der Waals surface area contributed by atoms with Crippen molar-refractivity contribution in [3.8, 4) is 0 Å². The Morgan fingerprint density at radius 3 is 2.65 bits per heavy atom. The molecule has 0 aromatic carbocycles. The van der Waals surface area contributed by atoms with Gasteiger partial charge in [0.2, 0.25) is 0 Å². The minimum absolute atomic E-state index is 0.157. The first kappa shape index (κ1) is 13.7. The van der Waals surface area contributed by atoms with Gasteiger partial charge in [0.15, 0.2) is 0 Å². The maximum atomic E-state index is 11.2. The molecular formula is C12H18O5. The summed E-state index contributed by atoms with van der Waals surface area (Å²) in [5.74, 6) is -0.936. The third-order valence-corrected chi connectivity index (χ3v) is 2.96. The van der Waals surface area contributed by atoms with Gasteiger partial charge in [0.05, 0.1) is 19.6 Å². The van der Waals surface area contributed by atoms with Gasteiger partial charge in [0.25, 0.3) is 0 Å². The molecule has 1 aliphatic rings. The Morgan fingerprint density at radius 2 is 2.12 bits per heavy atom. The zero-order chi connectivity index (χ0) is 13.0. The minimum Gasteiger partial charge on any atom is -0.469 e. The van der Waals surface area contributed by atoms with Crippen LogP contribution in [0, 0.1) is 5.92 Å². The highest BCUT2D eigenvalue weighted by molar-refractivity contribution is 5.70. The maximum absolute atomic E-state index is 11.2. The van der Waals surface area contributed by atoms with E-state index in [0.29, 0.717) is 18.4 Å². The van der Waals surface area contributed by atoms with Crippen LogP contribution in [0.2, 0.25) is 0 Å². The molecule has 96 valence electrons. The molecule has 0 heterocycles. The number of hydrogen-bond donors (Lipinski definition) is 1. The highest BCUT2D eigenvalue weighted by atomic mass is 16.5. The van der Waals surface area contributed by atoms with Gasteiger partial charge >= 0.3 is 11.9 Å². The largest absolute Gasteiger partial charge is 0.469 e. The normalized spacial score (nSPS) is 28.6. The fourth-order valence-electron chi connectivity index (χ4n) is 2.07. The molecule has 0 unspecified atom stereocenters. The zero-order valence-electron chi connectivity index (χ0n) is 10.1. The highest BCUT2D eigenvalue weighted by Crippen LogP contribution is 2.33. The molecule has 3 atom stereocenters. The molecule has 1 aliphatic carbocycles. The van der Waals surface area contributed by atoms with E-state index in [-0.39, 0.29) is 30.4 Å². The van der Waals surface area contributed by atoms with Crippen LogP contribution in [-0.4, -0.2) is 36.4 Å². The summed E-state index contributed by atoms with van der Waals surface area (Å²) in [4.78, 5) is 22.1. The lowest BCUT2D eigenvalue weighted by Crippen LogP contribution is -2.35. The van der Waals surface area contributed by atoms with Crippen molar-refractivity contribution in [2.75, 3.05) is 7.11 Å². The van der Waals surface area contributed by atoms with Crippen LogP contribution in [0.3, 0.4) is 0 Å². The molecule has 0 aromatic rings. The monoisotopic (exact) mass is 242 g/mol. The number of esters is 2. The molecule has 1 N–H and O–H groups in total. The summed E-state index contributed by atoms with van der Waals surface area (Å²) < 4.78 is 9.65. The molecule has 0 aliphatic heterocycles. The molecule has 0 radical (unpaired) electrons.